The van der Waals surface area contributed by atoms with Crippen molar-refractivity contribution in [1.29, 1.82) is 0 Å². The van der Waals surface area contributed by atoms with Crippen LogP contribution in [0, 0.1) is 5.41 Å². The molecule has 2 aliphatic rings. The van der Waals surface area contributed by atoms with Crippen molar-refractivity contribution in [1.82, 2.24) is 0 Å². The van der Waals surface area contributed by atoms with Gasteiger partial charge in [-0.3, -0.25) is 9.59 Å². The lowest BCUT2D eigenvalue weighted by Crippen LogP contribution is -2.48. The van der Waals surface area contributed by atoms with Gasteiger partial charge < -0.3 is 14.2 Å². The molecule has 0 unspecified atom stereocenters. The highest BCUT2D eigenvalue weighted by molar-refractivity contribution is 5.74. The molecule has 0 bridgehead atoms. The van der Waals surface area contributed by atoms with E-state index in [4.69, 9.17) is 14.2 Å². The van der Waals surface area contributed by atoms with Crippen LogP contribution < -0.4 is 0 Å². The van der Waals surface area contributed by atoms with Gasteiger partial charge in [-0.15, -0.1) is 0 Å². The molecular weight excluding hydrogens is 272 g/mol. The van der Waals surface area contributed by atoms with E-state index in [-0.39, 0.29) is 36.4 Å². The number of fused-ring (bicyclic) bond motifs is 1. The standard InChI is InChI=1S/C16H24O5/c1-10(17)19-9-11-6-7-12(21-15(2,3)4)16(5)8-13(18)20-14(11)16/h6,12,14H,7-9H2,1-5H3/t12-,14-,16+/m0/s1. The van der Waals surface area contributed by atoms with Gasteiger partial charge in [0.25, 0.3) is 0 Å². The highest BCUT2D eigenvalue weighted by Crippen LogP contribution is 2.48. The summed E-state index contributed by atoms with van der Waals surface area (Å²) in [6.45, 7) is 9.56. The Hall–Kier alpha value is -1.36. The first-order chi connectivity index (χ1) is 9.62. The molecular formula is C16H24O5. The summed E-state index contributed by atoms with van der Waals surface area (Å²) in [7, 11) is 0. The van der Waals surface area contributed by atoms with Gasteiger partial charge in [0.2, 0.25) is 0 Å². The second kappa shape index (κ2) is 5.44. The number of hydrogen-bond donors (Lipinski definition) is 0. The smallest absolute Gasteiger partial charge is 0.307 e. The Balaban J connectivity index is 2.22. The van der Waals surface area contributed by atoms with Crippen LogP contribution in [0.5, 0.6) is 0 Å². The van der Waals surface area contributed by atoms with Gasteiger partial charge in [0.1, 0.15) is 12.7 Å². The zero-order valence-corrected chi connectivity index (χ0v) is 13.4. The van der Waals surface area contributed by atoms with Crippen molar-refractivity contribution >= 4 is 11.9 Å². The van der Waals surface area contributed by atoms with Crippen LogP contribution in [0.25, 0.3) is 0 Å². The quantitative estimate of drug-likeness (QED) is 0.591. The van der Waals surface area contributed by atoms with E-state index in [0.717, 1.165) is 5.57 Å². The third-order valence-electron chi connectivity index (χ3n) is 3.98. The Morgan fingerprint density at radius 2 is 2.14 bits per heavy atom. The first-order valence-electron chi connectivity index (χ1n) is 7.31. The number of carbonyl (C=O) groups is 2. The highest BCUT2D eigenvalue weighted by Gasteiger charge is 2.55. The Labute approximate surface area is 125 Å². The van der Waals surface area contributed by atoms with Crippen molar-refractivity contribution in [3.05, 3.63) is 11.6 Å². The molecule has 5 nitrogen and oxygen atoms in total. The zero-order valence-electron chi connectivity index (χ0n) is 13.4. The molecule has 1 saturated heterocycles. The number of rotatable bonds is 3. The third-order valence-corrected chi connectivity index (χ3v) is 3.98. The average Bonchev–Trinajstić information content (AvgIpc) is 2.62. The van der Waals surface area contributed by atoms with Crippen LogP contribution >= 0.6 is 0 Å². The Kier molecular flexibility index (Phi) is 4.15. The molecule has 0 aromatic rings. The first kappa shape index (κ1) is 16.0. The molecule has 0 saturated carbocycles. The molecule has 1 aliphatic heterocycles. The predicted octanol–water partition coefficient (Wildman–Crippen LogP) is 2.39. The van der Waals surface area contributed by atoms with Crippen molar-refractivity contribution in [3.63, 3.8) is 0 Å². The zero-order chi connectivity index (χ0) is 15.8. The number of esters is 2. The molecule has 0 amide bonds. The van der Waals surface area contributed by atoms with E-state index in [2.05, 4.69) is 0 Å². The van der Waals surface area contributed by atoms with Crippen LogP contribution in [0.2, 0.25) is 0 Å². The number of hydrogen-bond acceptors (Lipinski definition) is 5. The van der Waals surface area contributed by atoms with E-state index in [1.54, 1.807) is 0 Å². The molecule has 0 aromatic heterocycles. The largest absolute Gasteiger partial charge is 0.461 e. The molecule has 1 heterocycles. The van der Waals surface area contributed by atoms with Crippen molar-refractivity contribution in [2.75, 3.05) is 6.61 Å². The van der Waals surface area contributed by atoms with Gasteiger partial charge in [0, 0.05) is 17.9 Å². The van der Waals surface area contributed by atoms with Crippen molar-refractivity contribution in [3.8, 4) is 0 Å². The lowest BCUT2D eigenvalue weighted by Gasteiger charge is -2.43. The Morgan fingerprint density at radius 1 is 1.48 bits per heavy atom. The SMILES string of the molecule is CC(=O)OCC1=CC[C@H](OC(C)(C)C)[C@@]2(C)CC(=O)O[C@@H]12. The van der Waals surface area contributed by atoms with Gasteiger partial charge in [-0.2, -0.15) is 0 Å². The molecule has 0 spiro atoms. The van der Waals surface area contributed by atoms with Crippen LogP contribution in [-0.4, -0.2) is 36.4 Å². The van der Waals surface area contributed by atoms with Crippen LogP contribution in [0.1, 0.15) is 47.5 Å². The summed E-state index contributed by atoms with van der Waals surface area (Å²) in [5.41, 5.74) is 0.159. The fourth-order valence-corrected chi connectivity index (χ4v) is 3.06. The summed E-state index contributed by atoms with van der Waals surface area (Å²) in [6, 6.07) is 0. The third kappa shape index (κ3) is 3.46. The van der Waals surface area contributed by atoms with Crippen LogP contribution in [-0.2, 0) is 23.8 Å². The minimum Gasteiger partial charge on any atom is -0.461 e. The number of carbonyl (C=O) groups excluding carboxylic acids is 2. The lowest BCUT2D eigenvalue weighted by molar-refractivity contribution is -0.145. The second-order valence-corrected chi connectivity index (χ2v) is 7.07. The molecule has 1 aliphatic carbocycles. The minimum absolute atomic E-state index is 0.0879. The summed E-state index contributed by atoms with van der Waals surface area (Å²) in [5.74, 6) is -0.560. The second-order valence-electron chi connectivity index (χ2n) is 7.07. The van der Waals surface area contributed by atoms with E-state index < -0.39 is 5.41 Å². The van der Waals surface area contributed by atoms with E-state index in [0.29, 0.717) is 12.8 Å². The summed E-state index contributed by atoms with van der Waals surface area (Å²) < 4.78 is 16.7. The molecule has 118 valence electrons. The van der Waals surface area contributed by atoms with Gasteiger partial charge in [0.05, 0.1) is 18.1 Å². The van der Waals surface area contributed by atoms with Crippen LogP contribution in [0.3, 0.4) is 0 Å². The van der Waals surface area contributed by atoms with Crippen molar-refractivity contribution in [2.45, 2.75) is 65.3 Å². The molecule has 5 heteroatoms. The maximum Gasteiger partial charge on any atom is 0.307 e. The van der Waals surface area contributed by atoms with E-state index in [1.165, 1.54) is 6.92 Å². The van der Waals surface area contributed by atoms with Crippen LogP contribution in [0.4, 0.5) is 0 Å². The van der Waals surface area contributed by atoms with Gasteiger partial charge in [-0.05, 0) is 27.2 Å². The molecule has 0 aromatic carbocycles. The molecule has 0 radical (unpaired) electrons. The summed E-state index contributed by atoms with van der Waals surface area (Å²) in [4.78, 5) is 22.8. The van der Waals surface area contributed by atoms with Gasteiger partial charge in [-0.25, -0.2) is 0 Å². The number of ether oxygens (including phenoxy) is 3. The van der Waals surface area contributed by atoms with Crippen molar-refractivity contribution in [2.24, 2.45) is 5.41 Å². The summed E-state index contributed by atoms with van der Waals surface area (Å²) in [5, 5.41) is 0. The first-order valence-corrected chi connectivity index (χ1v) is 7.31. The normalized spacial score (nSPS) is 32.2. The molecule has 3 atom stereocenters. The van der Waals surface area contributed by atoms with Gasteiger partial charge in [-0.1, -0.05) is 13.0 Å². The maximum absolute atomic E-state index is 11.8. The Morgan fingerprint density at radius 3 is 2.71 bits per heavy atom. The fourth-order valence-electron chi connectivity index (χ4n) is 3.06. The molecule has 21 heavy (non-hydrogen) atoms. The van der Waals surface area contributed by atoms with E-state index in [9.17, 15) is 9.59 Å². The fraction of sp³-hybridized carbons (Fsp3) is 0.750. The van der Waals surface area contributed by atoms with E-state index >= 15 is 0 Å². The van der Waals surface area contributed by atoms with Crippen LogP contribution in [0.15, 0.2) is 11.6 Å². The Bertz CT molecular complexity index is 474. The highest BCUT2D eigenvalue weighted by atomic mass is 16.6. The van der Waals surface area contributed by atoms with E-state index in [1.807, 2.05) is 33.8 Å². The predicted molar refractivity (Wildman–Crippen MR) is 76.6 cm³/mol. The molecule has 1 fully saturated rings. The van der Waals surface area contributed by atoms with Crippen molar-refractivity contribution < 1.29 is 23.8 Å². The monoisotopic (exact) mass is 296 g/mol. The average molecular weight is 296 g/mol. The van der Waals surface area contributed by atoms with Gasteiger partial charge in [0.15, 0.2) is 0 Å². The molecule has 0 N–H and O–H groups in total. The van der Waals surface area contributed by atoms with Gasteiger partial charge >= 0.3 is 11.9 Å². The summed E-state index contributed by atoms with van der Waals surface area (Å²) in [6.07, 6.45) is 2.54. The maximum atomic E-state index is 11.8. The molecule has 2 rings (SSSR count). The lowest BCUT2D eigenvalue weighted by atomic mass is 9.70. The topological polar surface area (TPSA) is 61.8 Å². The minimum atomic E-state index is -0.408. The summed E-state index contributed by atoms with van der Waals surface area (Å²) >= 11 is 0.